The molecule has 0 aromatic rings. The van der Waals surface area contributed by atoms with Gasteiger partial charge in [-0.25, -0.2) is 0 Å². The molecule has 0 aliphatic heterocycles. The van der Waals surface area contributed by atoms with Crippen LogP contribution in [-0.2, 0) is 4.79 Å². The highest BCUT2D eigenvalue weighted by atomic mass is 16.4. The van der Waals surface area contributed by atoms with Crippen LogP contribution in [-0.4, -0.2) is 22.3 Å². The smallest absolute Gasteiger partial charge is 0.309 e. The Morgan fingerprint density at radius 3 is 2.70 bits per heavy atom. The van der Waals surface area contributed by atoms with E-state index < -0.39 is 11.4 Å². The summed E-state index contributed by atoms with van der Waals surface area (Å²) in [5.41, 5.74) is 0.867. The maximum Gasteiger partial charge on any atom is 0.309 e. The molecule has 0 aromatic carbocycles. The molecule has 3 nitrogen and oxygen atoms in total. The third-order valence-electron chi connectivity index (χ3n) is 8.49. The van der Waals surface area contributed by atoms with E-state index in [9.17, 15) is 15.0 Å². The standard InChI is InChI=1S/C20H30O3/c1-12-10-20-8-5-15-18(2,6-4-7-19(15,3)17(22)23)16(20)14(21)9-13(12)11-20/h13-16,21H,1,4-11H2,2-3H3,(H,22,23). The van der Waals surface area contributed by atoms with E-state index >= 15 is 0 Å². The Kier molecular flexibility index (Phi) is 3.15. The lowest BCUT2D eigenvalue weighted by atomic mass is 9.40. The van der Waals surface area contributed by atoms with E-state index in [0.29, 0.717) is 5.92 Å². The predicted octanol–water partition coefficient (Wildman–Crippen LogP) is 4.01. The SMILES string of the molecule is C=C1CC23CCC4C(C)(C(=O)O)CCCC4(C)C2C(O)CC1C3. The van der Waals surface area contributed by atoms with Crippen molar-refractivity contribution in [1.29, 1.82) is 0 Å². The van der Waals surface area contributed by atoms with Gasteiger partial charge in [-0.2, -0.15) is 0 Å². The Bertz CT molecular complexity index is 569. The molecule has 4 aliphatic carbocycles. The number of carbonyl (C=O) groups is 1. The molecule has 4 aliphatic rings. The molecule has 0 aromatic heterocycles. The zero-order valence-corrected chi connectivity index (χ0v) is 14.5. The Labute approximate surface area is 139 Å². The fourth-order valence-electron chi connectivity index (χ4n) is 7.73. The van der Waals surface area contributed by atoms with Crippen molar-refractivity contribution < 1.29 is 15.0 Å². The van der Waals surface area contributed by atoms with E-state index in [1.807, 2.05) is 6.92 Å². The Balaban J connectivity index is 1.79. The number of fused-ring (bicyclic) bond motifs is 3. The minimum atomic E-state index is -0.636. The van der Waals surface area contributed by atoms with Crippen LogP contribution in [0.4, 0.5) is 0 Å². The molecule has 4 fully saturated rings. The van der Waals surface area contributed by atoms with Crippen molar-refractivity contribution in [3.05, 3.63) is 12.2 Å². The molecule has 2 bridgehead atoms. The highest BCUT2D eigenvalue weighted by molar-refractivity contribution is 5.75. The molecule has 7 atom stereocenters. The Morgan fingerprint density at radius 2 is 2.00 bits per heavy atom. The molecule has 2 N–H and O–H groups in total. The summed E-state index contributed by atoms with van der Waals surface area (Å²) in [4.78, 5) is 12.0. The number of hydrogen-bond donors (Lipinski definition) is 2. The van der Waals surface area contributed by atoms with Crippen LogP contribution in [0.1, 0.15) is 65.2 Å². The van der Waals surface area contributed by atoms with Crippen LogP contribution < -0.4 is 0 Å². The lowest BCUT2D eigenvalue weighted by Crippen LogP contribution is -2.61. The van der Waals surface area contributed by atoms with Crippen LogP contribution in [0.5, 0.6) is 0 Å². The minimum absolute atomic E-state index is 0.0430. The number of carboxylic acid groups (broad SMARTS) is 1. The molecule has 0 heterocycles. The van der Waals surface area contributed by atoms with Gasteiger partial charge >= 0.3 is 5.97 Å². The molecule has 0 amide bonds. The molecule has 4 rings (SSSR count). The zero-order chi connectivity index (χ0) is 16.6. The summed E-state index contributed by atoms with van der Waals surface area (Å²) < 4.78 is 0. The fraction of sp³-hybridized carbons (Fsp3) is 0.850. The average Bonchev–Trinajstić information content (AvgIpc) is 2.68. The molecule has 3 heteroatoms. The lowest BCUT2D eigenvalue weighted by Gasteiger charge is -2.64. The first-order valence-corrected chi connectivity index (χ1v) is 9.32. The fourth-order valence-corrected chi connectivity index (χ4v) is 7.73. The van der Waals surface area contributed by atoms with Crippen LogP contribution >= 0.6 is 0 Å². The molecule has 0 radical (unpaired) electrons. The Hall–Kier alpha value is -0.830. The van der Waals surface area contributed by atoms with Gasteiger partial charge in [-0.1, -0.05) is 25.5 Å². The molecular formula is C20H30O3. The van der Waals surface area contributed by atoms with Crippen LogP contribution in [0, 0.1) is 34.0 Å². The van der Waals surface area contributed by atoms with E-state index in [4.69, 9.17) is 0 Å². The zero-order valence-electron chi connectivity index (χ0n) is 14.5. The van der Waals surface area contributed by atoms with Gasteiger partial charge in [-0.3, -0.25) is 4.79 Å². The summed E-state index contributed by atoms with van der Waals surface area (Å²) in [5, 5.41) is 20.9. The molecule has 1 spiro atoms. The first-order valence-electron chi connectivity index (χ1n) is 9.32. The highest BCUT2D eigenvalue weighted by Gasteiger charge is 2.67. The Morgan fingerprint density at radius 1 is 1.26 bits per heavy atom. The topological polar surface area (TPSA) is 57.5 Å². The second kappa shape index (κ2) is 4.62. The number of carboxylic acids is 1. The average molecular weight is 318 g/mol. The van der Waals surface area contributed by atoms with Crippen LogP contribution in [0.25, 0.3) is 0 Å². The summed E-state index contributed by atoms with van der Waals surface area (Å²) in [7, 11) is 0. The number of rotatable bonds is 1. The third kappa shape index (κ3) is 1.83. The first kappa shape index (κ1) is 15.7. The van der Waals surface area contributed by atoms with Crippen molar-refractivity contribution in [2.75, 3.05) is 0 Å². The summed E-state index contributed by atoms with van der Waals surface area (Å²) in [6, 6.07) is 0. The summed E-state index contributed by atoms with van der Waals surface area (Å²) in [5.74, 6) is 0.305. The summed E-state index contributed by atoms with van der Waals surface area (Å²) >= 11 is 0. The van der Waals surface area contributed by atoms with Gasteiger partial charge < -0.3 is 10.2 Å². The van der Waals surface area contributed by atoms with E-state index in [0.717, 1.165) is 44.9 Å². The van der Waals surface area contributed by atoms with E-state index in [2.05, 4.69) is 13.5 Å². The number of aliphatic carboxylic acids is 1. The largest absolute Gasteiger partial charge is 0.481 e. The lowest BCUT2D eigenvalue weighted by molar-refractivity contribution is -0.199. The quantitative estimate of drug-likeness (QED) is 0.718. The second-order valence-electron chi connectivity index (χ2n) is 9.55. The molecular weight excluding hydrogens is 288 g/mol. The maximum absolute atomic E-state index is 12.0. The molecule has 4 saturated carbocycles. The third-order valence-corrected chi connectivity index (χ3v) is 8.49. The molecule has 0 saturated heterocycles. The van der Waals surface area contributed by atoms with E-state index in [1.165, 1.54) is 12.0 Å². The van der Waals surface area contributed by atoms with E-state index in [-0.39, 0.29) is 28.8 Å². The number of hydrogen-bond acceptors (Lipinski definition) is 2. The van der Waals surface area contributed by atoms with Gasteiger partial charge in [0.05, 0.1) is 11.5 Å². The van der Waals surface area contributed by atoms with Gasteiger partial charge in [0, 0.05) is 0 Å². The van der Waals surface area contributed by atoms with Crippen molar-refractivity contribution in [1.82, 2.24) is 0 Å². The molecule has 23 heavy (non-hydrogen) atoms. The van der Waals surface area contributed by atoms with Crippen LogP contribution in [0.15, 0.2) is 12.2 Å². The normalized spacial score (nSPS) is 55.2. The highest BCUT2D eigenvalue weighted by Crippen LogP contribution is 2.72. The van der Waals surface area contributed by atoms with Crippen molar-refractivity contribution in [3.8, 4) is 0 Å². The van der Waals surface area contributed by atoms with Gasteiger partial charge in [0.25, 0.3) is 0 Å². The van der Waals surface area contributed by atoms with Crippen molar-refractivity contribution in [2.45, 2.75) is 71.3 Å². The summed E-state index contributed by atoms with van der Waals surface area (Å²) in [6.07, 6.45) is 7.71. The van der Waals surface area contributed by atoms with Crippen molar-refractivity contribution in [2.24, 2.45) is 34.0 Å². The number of aliphatic hydroxyl groups excluding tert-OH is 1. The van der Waals surface area contributed by atoms with E-state index in [1.54, 1.807) is 0 Å². The number of allylic oxidation sites excluding steroid dienone is 1. The monoisotopic (exact) mass is 318 g/mol. The van der Waals surface area contributed by atoms with Crippen molar-refractivity contribution >= 4 is 5.97 Å². The van der Waals surface area contributed by atoms with Crippen LogP contribution in [0.3, 0.4) is 0 Å². The minimum Gasteiger partial charge on any atom is -0.481 e. The van der Waals surface area contributed by atoms with Crippen LogP contribution in [0.2, 0.25) is 0 Å². The first-order chi connectivity index (χ1) is 10.7. The van der Waals surface area contributed by atoms with Gasteiger partial charge in [-0.05, 0) is 80.5 Å². The van der Waals surface area contributed by atoms with Gasteiger partial charge in [0.15, 0.2) is 0 Å². The van der Waals surface area contributed by atoms with Gasteiger partial charge in [0.1, 0.15) is 0 Å². The van der Waals surface area contributed by atoms with Crippen molar-refractivity contribution in [3.63, 3.8) is 0 Å². The van der Waals surface area contributed by atoms with Gasteiger partial charge in [-0.15, -0.1) is 0 Å². The molecule has 128 valence electrons. The predicted molar refractivity (Wildman–Crippen MR) is 88.8 cm³/mol. The second-order valence-corrected chi connectivity index (χ2v) is 9.55. The summed E-state index contributed by atoms with van der Waals surface area (Å²) in [6.45, 7) is 8.55. The van der Waals surface area contributed by atoms with Gasteiger partial charge in [0.2, 0.25) is 0 Å². The molecule has 7 unspecified atom stereocenters. The number of aliphatic hydroxyl groups is 1. The maximum atomic E-state index is 12.0.